The van der Waals surface area contributed by atoms with Gasteiger partial charge in [-0.05, 0) is 129 Å². The van der Waals surface area contributed by atoms with Gasteiger partial charge in [0.25, 0.3) is 0 Å². The summed E-state index contributed by atoms with van der Waals surface area (Å²) >= 11 is 0. The molecule has 3 aromatic carbocycles. The molecule has 3 atom stereocenters. The summed E-state index contributed by atoms with van der Waals surface area (Å²) in [6, 6.07) is 19.1. The number of benzene rings is 3. The van der Waals surface area contributed by atoms with Crippen LogP contribution in [-0.4, -0.2) is 43.2 Å². The van der Waals surface area contributed by atoms with Crippen molar-refractivity contribution in [2.45, 2.75) is 71.8 Å². The van der Waals surface area contributed by atoms with E-state index in [4.69, 9.17) is 23.7 Å². The zero-order valence-electron chi connectivity index (χ0n) is 28.6. The molecule has 4 rings (SSSR count). The molecule has 0 amide bonds. The largest absolute Gasteiger partial charge is 0.494 e. The van der Waals surface area contributed by atoms with Crippen LogP contribution in [0.4, 0.5) is 0 Å². The summed E-state index contributed by atoms with van der Waals surface area (Å²) < 4.78 is 27.6. The number of esters is 4. The van der Waals surface area contributed by atoms with Crippen LogP contribution in [0.2, 0.25) is 0 Å². The van der Waals surface area contributed by atoms with Gasteiger partial charge in [0.2, 0.25) is 0 Å². The third-order valence-corrected chi connectivity index (χ3v) is 8.63. The summed E-state index contributed by atoms with van der Waals surface area (Å²) in [5.41, 5.74) is 1.03. The SMILES string of the molecule is C=CC(=O)OCCCCCCOc1ccc(C(=O)Oc2ccc(C(=O)Oc3ccc(C(=O)OC4C[C@@H](C)CC[C@@H]4C(C)C)cc3)cc2)cc1. The Balaban J connectivity index is 1.19. The first-order valence-corrected chi connectivity index (χ1v) is 17.0. The maximum atomic E-state index is 12.9. The Morgan fingerprint density at radius 3 is 1.69 bits per heavy atom. The van der Waals surface area contributed by atoms with Crippen LogP contribution in [0, 0.1) is 17.8 Å². The third kappa shape index (κ3) is 11.6. The minimum Gasteiger partial charge on any atom is -0.494 e. The molecule has 1 aliphatic carbocycles. The fourth-order valence-electron chi connectivity index (χ4n) is 5.77. The van der Waals surface area contributed by atoms with E-state index in [9.17, 15) is 19.2 Å². The van der Waals surface area contributed by atoms with Gasteiger partial charge in [-0.25, -0.2) is 19.2 Å². The lowest BCUT2D eigenvalue weighted by atomic mass is 9.75. The highest BCUT2D eigenvalue weighted by Gasteiger charge is 2.33. The summed E-state index contributed by atoms with van der Waals surface area (Å²) in [5, 5.41) is 0. The number of rotatable bonds is 16. The van der Waals surface area contributed by atoms with Crippen LogP contribution in [0.15, 0.2) is 85.5 Å². The van der Waals surface area contributed by atoms with Gasteiger partial charge in [0.1, 0.15) is 23.4 Å². The quantitative estimate of drug-likeness (QED) is 0.0641. The molecule has 0 saturated heterocycles. The Kier molecular flexibility index (Phi) is 14.0. The van der Waals surface area contributed by atoms with Crippen molar-refractivity contribution >= 4 is 23.9 Å². The molecule has 0 spiro atoms. The lowest BCUT2D eigenvalue weighted by Gasteiger charge is -2.36. The van der Waals surface area contributed by atoms with E-state index in [0.29, 0.717) is 53.6 Å². The van der Waals surface area contributed by atoms with Gasteiger partial charge in [0, 0.05) is 6.08 Å². The van der Waals surface area contributed by atoms with Gasteiger partial charge in [-0.15, -0.1) is 0 Å². The fraction of sp³-hybridized carbons (Fsp3) is 0.400. The average Bonchev–Trinajstić information content (AvgIpc) is 3.10. The first-order chi connectivity index (χ1) is 23.6. The van der Waals surface area contributed by atoms with Crippen molar-refractivity contribution in [1.29, 1.82) is 0 Å². The molecule has 0 radical (unpaired) electrons. The molecule has 1 aliphatic rings. The summed E-state index contributed by atoms with van der Waals surface area (Å²) in [6.45, 7) is 10.8. The topological polar surface area (TPSA) is 114 Å². The highest BCUT2D eigenvalue weighted by molar-refractivity contribution is 5.93. The first-order valence-electron chi connectivity index (χ1n) is 17.0. The van der Waals surface area contributed by atoms with Crippen molar-refractivity contribution in [1.82, 2.24) is 0 Å². The Hall–Kier alpha value is -4.92. The van der Waals surface area contributed by atoms with Gasteiger partial charge in [-0.2, -0.15) is 0 Å². The zero-order valence-corrected chi connectivity index (χ0v) is 28.6. The van der Waals surface area contributed by atoms with Gasteiger partial charge >= 0.3 is 23.9 Å². The Morgan fingerprint density at radius 2 is 1.18 bits per heavy atom. The van der Waals surface area contributed by atoms with E-state index in [-0.39, 0.29) is 23.4 Å². The van der Waals surface area contributed by atoms with Crippen molar-refractivity contribution in [2.75, 3.05) is 13.2 Å². The number of hydrogen-bond acceptors (Lipinski definition) is 9. The highest BCUT2D eigenvalue weighted by atomic mass is 16.6. The third-order valence-electron chi connectivity index (χ3n) is 8.63. The van der Waals surface area contributed by atoms with Crippen LogP contribution >= 0.6 is 0 Å². The van der Waals surface area contributed by atoms with Crippen molar-refractivity contribution in [3.63, 3.8) is 0 Å². The molecule has 1 saturated carbocycles. The van der Waals surface area contributed by atoms with Gasteiger partial charge in [0.05, 0.1) is 29.9 Å². The number of carbonyl (C=O) groups excluding carboxylic acids is 4. The summed E-state index contributed by atoms with van der Waals surface area (Å²) in [6.07, 6.45) is 7.64. The van der Waals surface area contributed by atoms with Gasteiger partial charge < -0.3 is 23.7 Å². The zero-order chi connectivity index (χ0) is 35.2. The van der Waals surface area contributed by atoms with Crippen molar-refractivity contribution in [3.8, 4) is 17.2 Å². The number of unbranched alkanes of at least 4 members (excludes halogenated alkanes) is 3. The molecule has 0 heterocycles. The molecular formula is C40H46O9. The number of ether oxygens (including phenoxy) is 5. The molecule has 9 heteroatoms. The van der Waals surface area contributed by atoms with E-state index in [1.54, 1.807) is 48.5 Å². The monoisotopic (exact) mass is 670 g/mol. The molecule has 0 bridgehead atoms. The lowest BCUT2D eigenvalue weighted by molar-refractivity contribution is -0.137. The number of carbonyl (C=O) groups is 4. The molecule has 260 valence electrons. The molecule has 3 aromatic rings. The molecule has 0 aliphatic heterocycles. The lowest BCUT2D eigenvalue weighted by Crippen LogP contribution is -2.35. The summed E-state index contributed by atoms with van der Waals surface area (Å²) in [7, 11) is 0. The molecule has 9 nitrogen and oxygen atoms in total. The Labute approximate surface area is 288 Å². The van der Waals surface area contributed by atoms with Gasteiger partial charge in [-0.3, -0.25) is 0 Å². The second-order valence-electron chi connectivity index (χ2n) is 12.8. The number of hydrogen-bond donors (Lipinski definition) is 0. The predicted molar refractivity (Wildman–Crippen MR) is 185 cm³/mol. The van der Waals surface area contributed by atoms with Gasteiger partial charge in [0.15, 0.2) is 0 Å². The van der Waals surface area contributed by atoms with E-state index < -0.39 is 17.9 Å². The predicted octanol–water partition coefficient (Wildman–Crippen LogP) is 8.41. The first kappa shape index (κ1) is 36.9. The Bertz CT molecular complexity index is 1540. The minimum atomic E-state index is -0.589. The Morgan fingerprint density at radius 1 is 0.694 bits per heavy atom. The maximum Gasteiger partial charge on any atom is 0.343 e. The van der Waals surface area contributed by atoms with Crippen molar-refractivity contribution in [2.24, 2.45) is 17.8 Å². The molecule has 49 heavy (non-hydrogen) atoms. The molecule has 0 aromatic heterocycles. The molecule has 1 fully saturated rings. The molecular weight excluding hydrogens is 624 g/mol. The van der Waals surface area contributed by atoms with E-state index >= 15 is 0 Å². The second kappa shape index (κ2) is 18.6. The van der Waals surface area contributed by atoms with Crippen LogP contribution in [0.1, 0.15) is 96.8 Å². The normalized spacial score (nSPS) is 17.1. The van der Waals surface area contributed by atoms with E-state index in [0.717, 1.165) is 51.0 Å². The van der Waals surface area contributed by atoms with E-state index in [1.165, 1.54) is 24.3 Å². The maximum absolute atomic E-state index is 12.9. The van der Waals surface area contributed by atoms with E-state index in [2.05, 4.69) is 27.4 Å². The fourth-order valence-corrected chi connectivity index (χ4v) is 5.77. The highest BCUT2D eigenvalue weighted by Crippen LogP contribution is 2.35. The van der Waals surface area contributed by atoms with E-state index in [1.807, 2.05) is 0 Å². The van der Waals surface area contributed by atoms with Crippen LogP contribution in [-0.2, 0) is 14.3 Å². The standard InChI is InChI=1S/C40H46O9/c1-5-37(41)46-25-9-7-6-8-24-45-32-17-11-29(12-18-32)38(42)47-33-19-13-30(14-20-33)39(43)48-34-21-15-31(16-22-34)40(44)49-36-26-28(4)10-23-35(36)27(2)3/h5,11-22,27-28,35-36H,1,6-10,23-26H2,2-4H3/t28-,35+,36?/m0/s1. The van der Waals surface area contributed by atoms with Crippen molar-refractivity contribution in [3.05, 3.63) is 102 Å². The van der Waals surface area contributed by atoms with Crippen LogP contribution < -0.4 is 14.2 Å². The van der Waals surface area contributed by atoms with Crippen LogP contribution in [0.3, 0.4) is 0 Å². The summed E-state index contributed by atoms with van der Waals surface area (Å²) in [4.78, 5) is 49.3. The van der Waals surface area contributed by atoms with Gasteiger partial charge in [-0.1, -0.05) is 33.8 Å². The summed E-state index contributed by atoms with van der Waals surface area (Å²) in [5.74, 6) is 0.608. The average molecular weight is 671 g/mol. The molecule has 1 unspecified atom stereocenters. The van der Waals surface area contributed by atoms with Crippen LogP contribution in [0.25, 0.3) is 0 Å². The second-order valence-corrected chi connectivity index (χ2v) is 12.8. The molecule has 0 N–H and O–H groups in total. The van der Waals surface area contributed by atoms with Crippen LogP contribution in [0.5, 0.6) is 17.2 Å². The smallest absolute Gasteiger partial charge is 0.343 e. The minimum absolute atomic E-state index is 0.0990. The van der Waals surface area contributed by atoms with Crippen molar-refractivity contribution < 1.29 is 42.9 Å².